The van der Waals surface area contributed by atoms with Crippen molar-refractivity contribution in [2.24, 2.45) is 0 Å². The Hall–Kier alpha value is -2.49. The maximum atomic E-state index is 12.0. The van der Waals surface area contributed by atoms with E-state index in [2.05, 4.69) is 15.5 Å². The predicted octanol–water partition coefficient (Wildman–Crippen LogP) is 4.14. The molecule has 2 aromatic heterocycles. The number of benzene rings is 1. The molecule has 0 saturated heterocycles. The average Bonchev–Trinajstić information content (AvgIpc) is 3.36. The minimum atomic E-state index is -0.562. The number of amides is 1. The number of nitrogens with zero attached hydrogens (tertiary/aromatic N) is 3. The van der Waals surface area contributed by atoms with Gasteiger partial charge in [-0.3, -0.25) is 14.2 Å². The van der Waals surface area contributed by atoms with E-state index in [-0.39, 0.29) is 5.75 Å². The molecule has 2 heterocycles. The number of hydrogen-bond donors (Lipinski definition) is 1. The molecule has 0 unspecified atom stereocenters. The first-order chi connectivity index (χ1) is 14.0. The highest BCUT2D eigenvalue weighted by Gasteiger charge is 2.17. The van der Waals surface area contributed by atoms with Crippen molar-refractivity contribution in [3.63, 3.8) is 0 Å². The molecule has 1 amide bonds. The van der Waals surface area contributed by atoms with E-state index in [1.807, 2.05) is 11.5 Å². The molecule has 29 heavy (non-hydrogen) atoms. The third-order valence-electron chi connectivity index (χ3n) is 3.66. The van der Waals surface area contributed by atoms with E-state index < -0.39 is 18.5 Å². The van der Waals surface area contributed by atoms with Crippen LogP contribution in [-0.4, -0.2) is 39.0 Å². The number of thioether (sulfide) groups is 1. The zero-order valence-electron chi connectivity index (χ0n) is 15.2. The van der Waals surface area contributed by atoms with Gasteiger partial charge >= 0.3 is 5.97 Å². The van der Waals surface area contributed by atoms with Crippen LogP contribution in [0.4, 0.5) is 5.69 Å². The lowest BCUT2D eigenvalue weighted by Crippen LogP contribution is -2.21. The number of carbonyl (C=O) groups is 2. The lowest BCUT2D eigenvalue weighted by Gasteiger charge is -2.09. The van der Waals surface area contributed by atoms with Gasteiger partial charge in [0, 0.05) is 11.6 Å². The fourth-order valence-corrected chi connectivity index (χ4v) is 3.50. The molecule has 1 N–H and O–H groups in total. The fraction of sp³-hybridized carbons (Fsp3) is 0.222. The van der Waals surface area contributed by atoms with Gasteiger partial charge < -0.3 is 14.5 Å². The first-order valence-electron chi connectivity index (χ1n) is 8.48. The van der Waals surface area contributed by atoms with Crippen LogP contribution in [0.2, 0.25) is 10.0 Å². The van der Waals surface area contributed by atoms with Gasteiger partial charge in [-0.05, 0) is 37.3 Å². The molecule has 0 spiro atoms. The number of aromatic nitrogens is 3. The molecular weight excluding hydrogens is 439 g/mol. The Kier molecular flexibility index (Phi) is 7.18. The molecule has 0 radical (unpaired) electrons. The van der Waals surface area contributed by atoms with Crippen molar-refractivity contribution in [3.8, 4) is 11.6 Å². The molecule has 0 bridgehead atoms. The smallest absolute Gasteiger partial charge is 0.316 e. The summed E-state index contributed by atoms with van der Waals surface area (Å²) in [5.74, 6) is 0.0507. The van der Waals surface area contributed by atoms with Crippen LogP contribution >= 0.6 is 35.0 Å². The number of nitrogens with one attached hydrogen (secondary N) is 1. The quantitative estimate of drug-likeness (QED) is 0.403. The van der Waals surface area contributed by atoms with E-state index in [9.17, 15) is 9.59 Å². The van der Waals surface area contributed by atoms with Crippen LogP contribution in [0.5, 0.6) is 0 Å². The number of hydrogen-bond acceptors (Lipinski definition) is 7. The predicted molar refractivity (Wildman–Crippen MR) is 110 cm³/mol. The summed E-state index contributed by atoms with van der Waals surface area (Å²) in [6.07, 6.45) is 1.55. The number of esters is 1. The number of carbonyl (C=O) groups excluding carboxylic acids is 2. The van der Waals surface area contributed by atoms with Gasteiger partial charge in [0.05, 0.1) is 22.7 Å². The molecule has 8 nitrogen and oxygen atoms in total. The van der Waals surface area contributed by atoms with Crippen molar-refractivity contribution in [1.82, 2.24) is 14.8 Å². The van der Waals surface area contributed by atoms with E-state index >= 15 is 0 Å². The summed E-state index contributed by atoms with van der Waals surface area (Å²) in [7, 11) is 0. The van der Waals surface area contributed by atoms with Crippen LogP contribution in [0.25, 0.3) is 11.6 Å². The van der Waals surface area contributed by atoms with E-state index in [0.717, 1.165) is 11.8 Å². The number of anilines is 1. The summed E-state index contributed by atoms with van der Waals surface area (Å²) >= 11 is 13.0. The Morgan fingerprint density at radius 3 is 2.83 bits per heavy atom. The number of halogens is 2. The van der Waals surface area contributed by atoms with Crippen molar-refractivity contribution in [3.05, 3.63) is 46.6 Å². The van der Waals surface area contributed by atoms with Crippen LogP contribution < -0.4 is 5.32 Å². The number of furan rings is 1. The summed E-state index contributed by atoms with van der Waals surface area (Å²) < 4.78 is 12.2. The third-order valence-corrected chi connectivity index (χ3v) is 5.17. The summed E-state index contributed by atoms with van der Waals surface area (Å²) in [6, 6.07) is 8.21. The SMILES string of the molecule is CCn1c(SCC(=O)OCC(=O)Nc2cc(Cl)ccc2Cl)nnc1-c1ccco1. The normalized spacial score (nSPS) is 10.7. The molecule has 0 aliphatic carbocycles. The molecule has 0 atom stereocenters. The second-order valence-corrected chi connectivity index (χ2v) is 7.44. The molecular formula is C18H16Cl2N4O4S. The Morgan fingerprint density at radius 2 is 2.10 bits per heavy atom. The van der Waals surface area contributed by atoms with Crippen LogP contribution in [0.3, 0.4) is 0 Å². The maximum absolute atomic E-state index is 12.0. The minimum absolute atomic E-state index is 0.0263. The summed E-state index contributed by atoms with van der Waals surface area (Å²) in [6.45, 7) is 2.09. The average molecular weight is 455 g/mol. The molecule has 11 heteroatoms. The molecule has 0 saturated carbocycles. The molecule has 0 aliphatic rings. The van der Waals surface area contributed by atoms with Gasteiger partial charge in [-0.25, -0.2) is 0 Å². The topological polar surface area (TPSA) is 99.2 Å². The first kappa shape index (κ1) is 21.2. The zero-order chi connectivity index (χ0) is 20.8. The van der Waals surface area contributed by atoms with Gasteiger partial charge in [-0.1, -0.05) is 35.0 Å². The van der Waals surface area contributed by atoms with Crippen LogP contribution in [0.15, 0.2) is 46.2 Å². The Bertz CT molecular complexity index is 1010. The van der Waals surface area contributed by atoms with Gasteiger partial charge in [-0.15, -0.1) is 10.2 Å². The van der Waals surface area contributed by atoms with Crippen molar-refractivity contribution in [1.29, 1.82) is 0 Å². The fourth-order valence-electron chi connectivity index (χ4n) is 2.36. The van der Waals surface area contributed by atoms with Gasteiger partial charge in [0.15, 0.2) is 23.3 Å². The van der Waals surface area contributed by atoms with Crippen LogP contribution in [-0.2, 0) is 20.9 Å². The number of ether oxygens (including phenoxy) is 1. The lowest BCUT2D eigenvalue weighted by atomic mass is 10.3. The molecule has 0 fully saturated rings. The molecule has 0 aliphatic heterocycles. The summed E-state index contributed by atoms with van der Waals surface area (Å²) in [5, 5.41) is 12.0. The van der Waals surface area contributed by atoms with E-state index in [0.29, 0.717) is 39.0 Å². The molecule has 152 valence electrons. The first-order valence-corrected chi connectivity index (χ1v) is 10.2. The highest BCUT2D eigenvalue weighted by atomic mass is 35.5. The van der Waals surface area contributed by atoms with Crippen molar-refractivity contribution in [2.45, 2.75) is 18.6 Å². The van der Waals surface area contributed by atoms with E-state index in [4.69, 9.17) is 32.4 Å². The maximum Gasteiger partial charge on any atom is 0.316 e. The molecule has 1 aromatic carbocycles. The monoisotopic (exact) mass is 454 g/mol. The van der Waals surface area contributed by atoms with Gasteiger partial charge in [-0.2, -0.15) is 0 Å². The van der Waals surface area contributed by atoms with Crippen molar-refractivity contribution in [2.75, 3.05) is 17.7 Å². The van der Waals surface area contributed by atoms with Crippen LogP contribution in [0, 0.1) is 0 Å². The molecule has 3 aromatic rings. The van der Waals surface area contributed by atoms with E-state index in [1.165, 1.54) is 6.07 Å². The van der Waals surface area contributed by atoms with Gasteiger partial charge in [0.1, 0.15) is 0 Å². The Labute approximate surface area is 180 Å². The largest absolute Gasteiger partial charge is 0.461 e. The summed E-state index contributed by atoms with van der Waals surface area (Å²) in [4.78, 5) is 23.9. The minimum Gasteiger partial charge on any atom is -0.461 e. The highest BCUT2D eigenvalue weighted by Crippen LogP contribution is 2.26. The second-order valence-electron chi connectivity index (χ2n) is 5.65. The van der Waals surface area contributed by atoms with Crippen molar-refractivity contribution >= 4 is 52.5 Å². The van der Waals surface area contributed by atoms with E-state index in [1.54, 1.807) is 30.5 Å². The zero-order valence-corrected chi connectivity index (χ0v) is 17.6. The van der Waals surface area contributed by atoms with Gasteiger partial charge in [0.25, 0.3) is 5.91 Å². The number of rotatable bonds is 8. The standard InChI is InChI=1S/C18H16Cl2N4O4S/c1-2-24-17(14-4-3-7-27-14)22-23-18(24)29-10-16(26)28-9-15(25)21-13-8-11(19)5-6-12(13)20/h3-8H,2,9-10H2,1H3,(H,21,25). The summed E-state index contributed by atoms with van der Waals surface area (Å²) in [5.41, 5.74) is 0.344. The Morgan fingerprint density at radius 1 is 1.28 bits per heavy atom. The van der Waals surface area contributed by atoms with Crippen molar-refractivity contribution < 1.29 is 18.7 Å². The molecule has 3 rings (SSSR count). The lowest BCUT2D eigenvalue weighted by molar-refractivity contribution is -0.144. The Balaban J connectivity index is 1.50. The third kappa shape index (κ3) is 5.53. The van der Waals surface area contributed by atoms with Gasteiger partial charge in [0.2, 0.25) is 0 Å². The van der Waals surface area contributed by atoms with Crippen LogP contribution in [0.1, 0.15) is 6.92 Å². The second kappa shape index (κ2) is 9.82. The highest BCUT2D eigenvalue weighted by molar-refractivity contribution is 7.99.